The topological polar surface area (TPSA) is 86.7 Å². The minimum atomic E-state index is -0.953. The van der Waals surface area contributed by atoms with Gasteiger partial charge in [0, 0.05) is 30.8 Å². The Morgan fingerprint density at radius 1 is 1.24 bits per heavy atom. The van der Waals surface area contributed by atoms with Crippen LogP contribution in [0.25, 0.3) is 0 Å². The van der Waals surface area contributed by atoms with Crippen LogP contribution in [0.5, 0.6) is 0 Å². The third-order valence-corrected chi connectivity index (χ3v) is 5.27. The van der Waals surface area contributed by atoms with Crippen LogP contribution < -0.4 is 5.32 Å². The van der Waals surface area contributed by atoms with E-state index in [1.165, 1.54) is 6.92 Å². The van der Waals surface area contributed by atoms with Crippen molar-refractivity contribution in [3.8, 4) is 0 Å². The molecule has 1 saturated heterocycles. The Morgan fingerprint density at radius 3 is 2.32 bits per heavy atom. The van der Waals surface area contributed by atoms with Gasteiger partial charge in [-0.15, -0.1) is 11.8 Å². The molecule has 0 bridgehead atoms. The van der Waals surface area contributed by atoms with Crippen LogP contribution in [0.4, 0.5) is 0 Å². The number of nitrogens with one attached hydrogen (secondary N) is 1. The number of nitrogens with zero attached hydrogens (tertiary/aromatic N) is 1. The number of piperidine rings is 1. The second kappa shape index (κ2) is 8.89. The minimum absolute atomic E-state index is 0.0245. The molecule has 6 nitrogen and oxygen atoms in total. The summed E-state index contributed by atoms with van der Waals surface area (Å²) < 4.78 is 0. The van der Waals surface area contributed by atoms with Gasteiger partial charge in [-0.1, -0.05) is 12.1 Å². The normalized spacial score (nSPS) is 16.3. The molecule has 0 saturated carbocycles. The zero-order chi connectivity index (χ0) is 18.4. The molecule has 1 unspecified atom stereocenters. The number of benzene rings is 1. The molecular weight excluding hydrogens is 340 g/mol. The first-order chi connectivity index (χ1) is 11.9. The summed E-state index contributed by atoms with van der Waals surface area (Å²) in [5.41, 5.74) is 0.787. The zero-order valence-corrected chi connectivity index (χ0v) is 15.3. The van der Waals surface area contributed by atoms with Crippen molar-refractivity contribution in [3.63, 3.8) is 0 Å². The molecule has 1 aliphatic heterocycles. The van der Waals surface area contributed by atoms with Crippen LogP contribution in [0.2, 0.25) is 0 Å². The molecule has 1 aliphatic rings. The molecule has 1 aromatic carbocycles. The van der Waals surface area contributed by atoms with Gasteiger partial charge >= 0.3 is 5.97 Å². The molecule has 136 valence electrons. The van der Waals surface area contributed by atoms with E-state index in [1.807, 2.05) is 30.5 Å². The quantitative estimate of drug-likeness (QED) is 0.757. The molecule has 25 heavy (non-hydrogen) atoms. The highest BCUT2D eigenvalue weighted by molar-refractivity contribution is 7.98. The van der Waals surface area contributed by atoms with E-state index in [-0.39, 0.29) is 24.2 Å². The molecule has 1 aromatic rings. The van der Waals surface area contributed by atoms with Crippen molar-refractivity contribution < 1.29 is 19.5 Å². The van der Waals surface area contributed by atoms with E-state index >= 15 is 0 Å². The van der Waals surface area contributed by atoms with Crippen molar-refractivity contribution in [1.82, 2.24) is 10.2 Å². The van der Waals surface area contributed by atoms with Gasteiger partial charge in [0.1, 0.15) is 0 Å². The predicted octanol–water partition coefficient (Wildman–Crippen LogP) is 2.30. The average Bonchev–Trinajstić information content (AvgIpc) is 2.61. The highest BCUT2D eigenvalue weighted by atomic mass is 32.2. The number of thioether (sulfide) groups is 1. The molecule has 0 aliphatic carbocycles. The van der Waals surface area contributed by atoms with Gasteiger partial charge in [-0.3, -0.25) is 14.4 Å². The molecule has 7 heteroatoms. The Hall–Kier alpha value is -2.02. The second-order valence-corrected chi connectivity index (χ2v) is 7.09. The van der Waals surface area contributed by atoms with Crippen LogP contribution in [0.3, 0.4) is 0 Å². The second-order valence-electron chi connectivity index (χ2n) is 6.21. The van der Waals surface area contributed by atoms with E-state index in [4.69, 9.17) is 5.11 Å². The van der Waals surface area contributed by atoms with Gasteiger partial charge in [-0.05, 0) is 36.8 Å². The van der Waals surface area contributed by atoms with Crippen molar-refractivity contribution in [2.45, 2.75) is 37.1 Å². The van der Waals surface area contributed by atoms with E-state index < -0.39 is 12.0 Å². The standard InChI is InChI=1S/C18H24N2O4S/c1-12(21)20-9-7-14(8-10-20)18(24)19-16(11-17(22)23)13-3-5-15(25-2)6-4-13/h3-6,14,16H,7-11H2,1-2H3,(H,19,24)(H,22,23). The number of carboxylic acid groups (broad SMARTS) is 1. The highest BCUT2D eigenvalue weighted by Gasteiger charge is 2.28. The van der Waals surface area contributed by atoms with E-state index in [0.717, 1.165) is 10.5 Å². The van der Waals surface area contributed by atoms with Gasteiger partial charge in [-0.2, -0.15) is 0 Å². The van der Waals surface area contributed by atoms with Gasteiger partial charge < -0.3 is 15.3 Å². The Balaban J connectivity index is 2.02. The Labute approximate surface area is 152 Å². The number of carbonyl (C=O) groups excluding carboxylic acids is 2. The van der Waals surface area contributed by atoms with E-state index in [1.54, 1.807) is 16.7 Å². The molecule has 1 atom stereocenters. The third-order valence-electron chi connectivity index (χ3n) is 4.52. The molecule has 1 heterocycles. The van der Waals surface area contributed by atoms with Crippen molar-refractivity contribution >= 4 is 29.5 Å². The molecule has 0 spiro atoms. The lowest BCUT2D eigenvalue weighted by atomic mass is 9.94. The molecule has 1 fully saturated rings. The summed E-state index contributed by atoms with van der Waals surface area (Å²) in [4.78, 5) is 37.9. The lowest BCUT2D eigenvalue weighted by molar-refractivity contribution is -0.138. The maximum Gasteiger partial charge on any atom is 0.305 e. The summed E-state index contributed by atoms with van der Waals surface area (Å²) in [5, 5.41) is 12.1. The number of aliphatic carboxylic acids is 1. The predicted molar refractivity (Wildman–Crippen MR) is 96.3 cm³/mol. The summed E-state index contributed by atoms with van der Waals surface area (Å²) in [6.07, 6.45) is 3.03. The van der Waals surface area contributed by atoms with E-state index in [9.17, 15) is 14.4 Å². The van der Waals surface area contributed by atoms with Crippen molar-refractivity contribution in [2.24, 2.45) is 5.92 Å². The number of carboxylic acids is 1. The molecular formula is C18H24N2O4S. The van der Waals surface area contributed by atoms with Crippen molar-refractivity contribution in [3.05, 3.63) is 29.8 Å². The first-order valence-electron chi connectivity index (χ1n) is 8.32. The summed E-state index contributed by atoms with van der Waals surface area (Å²) in [5.74, 6) is -1.25. The molecule has 0 aromatic heterocycles. The first-order valence-corrected chi connectivity index (χ1v) is 9.54. The summed E-state index contributed by atoms with van der Waals surface area (Å²) in [6, 6.07) is 7.02. The van der Waals surface area contributed by atoms with Gasteiger partial charge in [0.25, 0.3) is 0 Å². The molecule has 2 amide bonds. The van der Waals surface area contributed by atoms with Crippen LogP contribution in [-0.2, 0) is 14.4 Å². The van der Waals surface area contributed by atoms with Crippen LogP contribution in [0, 0.1) is 5.92 Å². The summed E-state index contributed by atoms with van der Waals surface area (Å²) in [6.45, 7) is 2.67. The van der Waals surface area contributed by atoms with Crippen LogP contribution in [-0.4, -0.2) is 47.1 Å². The third kappa shape index (κ3) is 5.49. The zero-order valence-electron chi connectivity index (χ0n) is 14.5. The number of hydrogen-bond donors (Lipinski definition) is 2. The Morgan fingerprint density at radius 2 is 1.84 bits per heavy atom. The SMILES string of the molecule is CSc1ccc(C(CC(=O)O)NC(=O)C2CCN(C(C)=O)CC2)cc1. The maximum absolute atomic E-state index is 12.6. The lowest BCUT2D eigenvalue weighted by Crippen LogP contribution is -2.43. The fourth-order valence-corrected chi connectivity index (χ4v) is 3.42. The lowest BCUT2D eigenvalue weighted by Gasteiger charge is -2.31. The smallest absolute Gasteiger partial charge is 0.305 e. The van der Waals surface area contributed by atoms with Crippen LogP contribution in [0.1, 0.15) is 37.8 Å². The number of likely N-dealkylation sites (tertiary alicyclic amines) is 1. The van der Waals surface area contributed by atoms with Crippen molar-refractivity contribution in [2.75, 3.05) is 19.3 Å². The average molecular weight is 364 g/mol. The molecule has 2 N–H and O–H groups in total. The fourth-order valence-electron chi connectivity index (χ4n) is 3.01. The number of carbonyl (C=O) groups is 3. The summed E-state index contributed by atoms with van der Waals surface area (Å²) >= 11 is 1.61. The van der Waals surface area contributed by atoms with Crippen molar-refractivity contribution in [1.29, 1.82) is 0 Å². The van der Waals surface area contributed by atoms with Crippen LogP contribution >= 0.6 is 11.8 Å². The maximum atomic E-state index is 12.6. The Kier molecular flexibility index (Phi) is 6.87. The van der Waals surface area contributed by atoms with Gasteiger partial charge in [0.15, 0.2) is 0 Å². The number of hydrogen-bond acceptors (Lipinski definition) is 4. The summed E-state index contributed by atoms with van der Waals surface area (Å²) in [7, 11) is 0. The number of amides is 2. The molecule has 2 rings (SSSR count). The molecule has 0 radical (unpaired) electrons. The van der Waals surface area contributed by atoms with E-state index in [2.05, 4.69) is 5.32 Å². The van der Waals surface area contributed by atoms with Crippen LogP contribution in [0.15, 0.2) is 29.2 Å². The number of rotatable bonds is 6. The fraction of sp³-hybridized carbons (Fsp3) is 0.500. The van der Waals surface area contributed by atoms with Gasteiger partial charge in [0.2, 0.25) is 11.8 Å². The van der Waals surface area contributed by atoms with E-state index in [0.29, 0.717) is 25.9 Å². The largest absolute Gasteiger partial charge is 0.481 e. The Bertz CT molecular complexity index is 624. The monoisotopic (exact) mass is 364 g/mol. The minimum Gasteiger partial charge on any atom is -0.481 e. The highest BCUT2D eigenvalue weighted by Crippen LogP contribution is 2.24. The van der Waals surface area contributed by atoms with Gasteiger partial charge in [-0.25, -0.2) is 0 Å². The first kappa shape index (κ1) is 19.3. The van der Waals surface area contributed by atoms with Gasteiger partial charge in [0.05, 0.1) is 12.5 Å².